The fourth-order valence-corrected chi connectivity index (χ4v) is 4.98. The smallest absolute Gasteiger partial charge is 0.319 e. The van der Waals surface area contributed by atoms with Crippen molar-refractivity contribution in [1.82, 2.24) is 24.9 Å². The number of hydrogen-bond donors (Lipinski definition) is 3. The molecule has 2 heterocycles. The van der Waals surface area contributed by atoms with Crippen LogP contribution in [0.4, 0.5) is 16.3 Å². The molecule has 1 atom stereocenters. The molecule has 0 saturated carbocycles. The number of carbonyl (C=O) groups is 3. The van der Waals surface area contributed by atoms with Crippen LogP contribution in [0.5, 0.6) is 0 Å². The predicted molar refractivity (Wildman–Crippen MR) is 162 cm³/mol. The topological polar surface area (TPSA) is 112 Å². The average Bonchev–Trinajstić information content (AvgIpc) is 3.37. The fraction of sp³-hybridized carbons (Fsp3) is 0.310. The molecule has 4 amide bonds. The lowest BCUT2D eigenvalue weighted by molar-refractivity contribution is -0.111. The highest BCUT2D eigenvalue weighted by Crippen LogP contribution is 2.42. The fourth-order valence-electron chi connectivity index (χ4n) is 4.98. The Kier molecular flexibility index (Phi) is 9.44. The Bertz CT molecular complexity index is 1380. The monoisotopic (exact) mass is 563 g/mol. The number of nitrogens with zero attached hydrogens (tertiary/aromatic N) is 4. The first kappa shape index (κ1) is 30.5. The first-order valence-corrected chi connectivity index (χ1v) is 12.7. The molecule has 11 heteroatoms. The van der Waals surface area contributed by atoms with E-state index < -0.39 is 5.54 Å². The highest BCUT2D eigenvalue weighted by molar-refractivity contribution is 7.59. The van der Waals surface area contributed by atoms with E-state index in [1.807, 2.05) is 70.2 Å². The lowest BCUT2D eigenvalue weighted by Crippen LogP contribution is -2.49. The standard InChI is InChI=1S/C29H35N7O3.H2S/c1-7-24(37)30-21-15-13-20(14-16-21)27(38)32-26-22-17-36(29(2,3)25(22)35(6)33-26)28(39)31-23(18-34(4)5)19-11-9-8-10-12-19;/h7-16,23H,1,17-18H2,2-6H3,(H,30,37)(H,31,39)(H,32,33,38);1H2/t23-;/m1./s1. The summed E-state index contributed by atoms with van der Waals surface area (Å²) in [7, 11) is 5.76. The van der Waals surface area contributed by atoms with Crippen LogP contribution in [0.2, 0.25) is 0 Å². The Morgan fingerprint density at radius 2 is 1.73 bits per heavy atom. The van der Waals surface area contributed by atoms with E-state index in [1.165, 1.54) is 6.08 Å². The molecule has 10 nitrogen and oxygen atoms in total. The Morgan fingerprint density at radius 3 is 2.33 bits per heavy atom. The molecular formula is C29H37N7O3S. The zero-order valence-electron chi connectivity index (χ0n) is 23.5. The van der Waals surface area contributed by atoms with Gasteiger partial charge < -0.3 is 25.8 Å². The summed E-state index contributed by atoms with van der Waals surface area (Å²) in [5.74, 6) is -0.254. The highest BCUT2D eigenvalue weighted by Gasteiger charge is 2.45. The van der Waals surface area contributed by atoms with Gasteiger partial charge in [0.25, 0.3) is 5.91 Å². The van der Waals surface area contributed by atoms with E-state index in [-0.39, 0.29) is 37.4 Å². The van der Waals surface area contributed by atoms with Crippen LogP contribution < -0.4 is 16.0 Å². The number of amides is 4. The Morgan fingerprint density at radius 1 is 1.07 bits per heavy atom. The number of rotatable bonds is 8. The van der Waals surface area contributed by atoms with Crippen LogP contribution in [0.3, 0.4) is 0 Å². The quantitative estimate of drug-likeness (QED) is 0.359. The van der Waals surface area contributed by atoms with Crippen LogP contribution in [-0.4, -0.2) is 58.1 Å². The predicted octanol–water partition coefficient (Wildman–Crippen LogP) is 3.97. The van der Waals surface area contributed by atoms with Gasteiger partial charge in [-0.1, -0.05) is 36.9 Å². The van der Waals surface area contributed by atoms with Gasteiger partial charge in [0.1, 0.15) is 0 Å². The number of anilines is 2. The van der Waals surface area contributed by atoms with Crippen molar-refractivity contribution in [3.8, 4) is 0 Å². The molecule has 0 fully saturated rings. The molecule has 1 aromatic heterocycles. The molecule has 40 heavy (non-hydrogen) atoms. The first-order valence-electron chi connectivity index (χ1n) is 12.7. The molecule has 3 N–H and O–H groups in total. The van der Waals surface area contributed by atoms with E-state index >= 15 is 0 Å². The zero-order chi connectivity index (χ0) is 28.3. The van der Waals surface area contributed by atoms with Crippen molar-refractivity contribution in [2.75, 3.05) is 31.3 Å². The second kappa shape index (κ2) is 12.4. The summed E-state index contributed by atoms with van der Waals surface area (Å²) in [4.78, 5) is 42.0. The Hall–Kier alpha value is -4.09. The number of fused-ring (bicyclic) bond motifs is 1. The van der Waals surface area contributed by atoms with Crippen molar-refractivity contribution in [2.45, 2.75) is 32.0 Å². The van der Waals surface area contributed by atoms with Gasteiger partial charge in [0, 0.05) is 30.4 Å². The number of nitrogens with one attached hydrogen (secondary N) is 3. The minimum atomic E-state index is -0.658. The Balaban J connectivity index is 0.00000441. The minimum absolute atomic E-state index is 0. The Labute approximate surface area is 241 Å². The van der Waals surface area contributed by atoms with Crippen molar-refractivity contribution in [2.24, 2.45) is 7.05 Å². The summed E-state index contributed by atoms with van der Waals surface area (Å²) < 4.78 is 1.72. The zero-order valence-corrected chi connectivity index (χ0v) is 24.5. The summed E-state index contributed by atoms with van der Waals surface area (Å²) in [6, 6.07) is 16.0. The van der Waals surface area contributed by atoms with Crippen molar-refractivity contribution in [3.63, 3.8) is 0 Å². The van der Waals surface area contributed by atoms with Crippen molar-refractivity contribution < 1.29 is 14.4 Å². The van der Waals surface area contributed by atoms with Crippen LogP contribution in [0.15, 0.2) is 67.3 Å². The molecule has 2 aromatic carbocycles. The van der Waals surface area contributed by atoms with Gasteiger partial charge in [0.05, 0.1) is 23.8 Å². The van der Waals surface area contributed by atoms with E-state index in [9.17, 15) is 14.4 Å². The molecule has 1 aliphatic heterocycles. The molecule has 4 rings (SSSR count). The van der Waals surface area contributed by atoms with E-state index in [2.05, 4.69) is 27.6 Å². The van der Waals surface area contributed by atoms with Crippen molar-refractivity contribution in [1.29, 1.82) is 0 Å². The van der Waals surface area contributed by atoms with Crippen molar-refractivity contribution in [3.05, 3.63) is 89.6 Å². The molecule has 212 valence electrons. The number of hydrogen-bond acceptors (Lipinski definition) is 5. The van der Waals surface area contributed by atoms with Crippen LogP contribution in [-0.2, 0) is 23.9 Å². The molecule has 0 spiro atoms. The van der Waals surface area contributed by atoms with Gasteiger partial charge in [-0.15, -0.1) is 0 Å². The van der Waals surface area contributed by atoms with Gasteiger partial charge in [-0.05, 0) is 63.8 Å². The third kappa shape index (κ3) is 6.37. The van der Waals surface area contributed by atoms with Gasteiger partial charge >= 0.3 is 6.03 Å². The van der Waals surface area contributed by atoms with Crippen LogP contribution in [0.1, 0.15) is 47.1 Å². The maximum absolute atomic E-state index is 13.6. The molecule has 0 saturated heterocycles. The minimum Gasteiger partial charge on any atom is -0.330 e. The number of likely N-dealkylation sites (N-methyl/N-ethyl adjacent to an activating group) is 1. The summed E-state index contributed by atoms with van der Waals surface area (Å²) in [6.45, 7) is 8.33. The van der Waals surface area contributed by atoms with Crippen LogP contribution in [0.25, 0.3) is 0 Å². The molecule has 0 unspecified atom stereocenters. The summed E-state index contributed by atoms with van der Waals surface area (Å²) in [5, 5.41) is 13.3. The summed E-state index contributed by atoms with van der Waals surface area (Å²) in [6.07, 6.45) is 1.18. The maximum Gasteiger partial charge on any atom is 0.319 e. The van der Waals surface area contributed by atoms with Gasteiger partial charge in [-0.25, -0.2) is 4.79 Å². The average molecular weight is 564 g/mol. The van der Waals surface area contributed by atoms with E-state index in [1.54, 1.807) is 33.8 Å². The third-order valence-corrected chi connectivity index (χ3v) is 6.84. The van der Waals surface area contributed by atoms with E-state index in [0.717, 1.165) is 16.8 Å². The number of benzene rings is 2. The number of urea groups is 1. The number of aryl methyl sites for hydroxylation is 1. The van der Waals surface area contributed by atoms with Crippen molar-refractivity contribution >= 4 is 42.8 Å². The van der Waals surface area contributed by atoms with E-state index in [0.29, 0.717) is 30.2 Å². The summed E-state index contributed by atoms with van der Waals surface area (Å²) >= 11 is 0. The van der Waals surface area contributed by atoms with E-state index in [4.69, 9.17) is 0 Å². The molecular weight excluding hydrogens is 526 g/mol. The summed E-state index contributed by atoms with van der Waals surface area (Å²) in [5.41, 5.74) is 2.99. The highest BCUT2D eigenvalue weighted by atomic mass is 32.1. The second-order valence-electron chi connectivity index (χ2n) is 10.3. The molecule has 0 bridgehead atoms. The second-order valence-corrected chi connectivity index (χ2v) is 10.3. The lowest BCUT2D eigenvalue weighted by atomic mass is 10.0. The largest absolute Gasteiger partial charge is 0.330 e. The lowest BCUT2D eigenvalue weighted by Gasteiger charge is -2.34. The van der Waals surface area contributed by atoms with Gasteiger partial charge in [0.2, 0.25) is 5.91 Å². The van der Waals surface area contributed by atoms with Crippen LogP contribution in [0, 0.1) is 0 Å². The molecule has 0 radical (unpaired) electrons. The van der Waals surface area contributed by atoms with Crippen LogP contribution >= 0.6 is 13.5 Å². The molecule has 0 aliphatic carbocycles. The first-order chi connectivity index (χ1) is 18.5. The number of aromatic nitrogens is 2. The SMILES string of the molecule is C=CC(=O)Nc1ccc(C(=O)Nc2nn(C)c3c2CN(C(=O)N[C@H](CN(C)C)c2ccccc2)C3(C)C)cc1.S. The third-order valence-electron chi connectivity index (χ3n) is 6.84. The molecule has 1 aliphatic rings. The maximum atomic E-state index is 13.6. The van der Waals surface area contributed by atoms with Gasteiger partial charge in [-0.3, -0.25) is 14.3 Å². The van der Waals surface area contributed by atoms with Gasteiger partial charge in [-0.2, -0.15) is 18.6 Å². The number of carbonyl (C=O) groups excluding carboxylic acids is 3. The molecule has 3 aromatic rings. The normalized spacial score (nSPS) is 14.1. The van der Waals surface area contributed by atoms with Gasteiger partial charge in [0.15, 0.2) is 5.82 Å².